The van der Waals surface area contributed by atoms with Crippen molar-refractivity contribution in [1.82, 2.24) is 18.3 Å². The van der Waals surface area contributed by atoms with Gasteiger partial charge < -0.3 is 28.8 Å². The fourth-order valence-corrected chi connectivity index (χ4v) is 10.3. The lowest BCUT2D eigenvalue weighted by atomic mass is 10.2. The predicted octanol–water partition coefficient (Wildman–Crippen LogP) is 26.7. The first-order valence-corrected chi connectivity index (χ1v) is 42.7. The van der Waals surface area contributed by atoms with Gasteiger partial charge in [-0.15, -0.1) is 0 Å². The van der Waals surface area contributed by atoms with E-state index in [-0.39, 0.29) is 28.2 Å². The fraction of sp³-hybridized carbons (Fsp3) is 0.333. The number of aliphatic carboxylic acids is 1. The number of carboxylic acids is 1. The molecule has 16 nitrogen and oxygen atoms in total. The molecule has 12 aromatic rings. The summed E-state index contributed by atoms with van der Waals surface area (Å²) in [5.41, 5.74) is 13.5. The maximum absolute atomic E-state index is 12.7. The molecule has 0 amide bonds. The first-order valence-electron chi connectivity index (χ1n) is 42.7. The number of aromatic nitrogens is 4. The molecule has 0 unspecified atom stereocenters. The van der Waals surface area contributed by atoms with Gasteiger partial charge in [0, 0.05) is 83.6 Å². The van der Waals surface area contributed by atoms with Crippen molar-refractivity contribution in [3.63, 3.8) is 0 Å². The van der Waals surface area contributed by atoms with Crippen LogP contribution in [0.15, 0.2) is 286 Å². The highest BCUT2D eigenvalue weighted by atomic mass is 16.5. The molecular weight excluding hydrogens is 1510 g/mol. The first kappa shape index (κ1) is 115. The number of nitrogens with zero attached hydrogens (tertiary/aromatic N) is 4. The maximum atomic E-state index is 12.7. The Hall–Kier alpha value is -12.3. The largest absolute Gasteiger partial charge is 0.488 e. The summed E-state index contributed by atoms with van der Waals surface area (Å²) in [6.07, 6.45) is 0. The molecule has 0 saturated heterocycles. The molecule has 658 valence electrons. The Kier molecular flexibility index (Phi) is 68.2. The van der Waals surface area contributed by atoms with Crippen molar-refractivity contribution < 1.29 is 38.4 Å². The lowest BCUT2D eigenvalue weighted by Crippen LogP contribution is -2.23. The van der Waals surface area contributed by atoms with Gasteiger partial charge in [-0.25, -0.2) is 0 Å². The number of esters is 1. The Morgan fingerprint density at radius 3 is 0.504 bits per heavy atom. The molecule has 0 aliphatic rings. The second-order valence-electron chi connectivity index (χ2n) is 23.3. The molecule has 4 aromatic heterocycles. The van der Waals surface area contributed by atoms with Crippen LogP contribution in [-0.2, 0) is 40.8 Å². The quantitative estimate of drug-likeness (QED) is 0.0903. The van der Waals surface area contributed by atoms with Gasteiger partial charge in [-0.3, -0.25) is 47.0 Å². The number of ether oxygens (including phenoxy) is 5. The van der Waals surface area contributed by atoms with Crippen LogP contribution in [0.5, 0.6) is 23.0 Å². The molecule has 4 heterocycles. The number of carboxylic acid groups (broad SMARTS) is 1. The number of pyridine rings is 4. The average Bonchev–Trinajstić information content (AvgIpc) is 0.814. The van der Waals surface area contributed by atoms with Crippen LogP contribution in [-0.4, -0.2) is 42.4 Å². The topological polar surface area (TPSA) is 189 Å². The SMILES string of the molecule is CC.CC.CC.CC.CC.CC.CC.CC.CC.CC.CC(=O)O.COC(C)=O.Cc1c(OCc2ccccc2)cc(C)n(-c2ccccc2)c1=O.Cc1c(OCc2ccccc2)cc(C)n(-c2ccccc2)c1=O.Cc1c(OCc2ccccc2)cc(C)n(-c2ccccc2)c1=O.Cc1c(OCc2ccccc2)cc(C)n(-c2ccccc2)c1=O. The molecule has 1 N–H and O–H groups in total. The zero-order valence-electron chi connectivity index (χ0n) is 79.0. The summed E-state index contributed by atoms with van der Waals surface area (Å²) in [6.45, 7) is 59.2. The molecule has 0 aliphatic carbocycles. The lowest BCUT2D eigenvalue weighted by molar-refractivity contribution is -0.138. The summed E-state index contributed by atoms with van der Waals surface area (Å²) in [6, 6.07) is 86.1. The molecule has 0 aliphatic heterocycles. The highest BCUT2D eigenvalue weighted by Gasteiger charge is 2.17. The van der Waals surface area contributed by atoms with Crippen molar-refractivity contribution in [1.29, 1.82) is 0 Å². The van der Waals surface area contributed by atoms with Crippen LogP contribution in [0.1, 0.15) is 220 Å². The summed E-state index contributed by atoms with van der Waals surface area (Å²) < 4.78 is 34.4. The third-order valence-corrected chi connectivity index (χ3v) is 15.6. The fourth-order valence-electron chi connectivity index (χ4n) is 10.3. The Morgan fingerprint density at radius 1 is 0.256 bits per heavy atom. The number of methoxy groups -OCH3 is 1. The van der Waals surface area contributed by atoms with Crippen molar-refractivity contribution in [2.45, 2.75) is 234 Å². The molecule has 0 spiro atoms. The molecule has 0 radical (unpaired) electrons. The molecule has 0 atom stereocenters. The number of aryl methyl sites for hydroxylation is 4. The van der Waals surface area contributed by atoms with Gasteiger partial charge in [0.05, 0.1) is 29.4 Å². The van der Waals surface area contributed by atoms with E-state index in [1.54, 1.807) is 18.3 Å². The molecular formula is C105H146N4O12. The second-order valence-corrected chi connectivity index (χ2v) is 23.3. The summed E-state index contributed by atoms with van der Waals surface area (Å²) in [5, 5.41) is 7.42. The van der Waals surface area contributed by atoms with E-state index in [1.165, 1.54) is 14.0 Å². The predicted molar refractivity (Wildman–Crippen MR) is 514 cm³/mol. The zero-order chi connectivity index (χ0) is 92.8. The van der Waals surface area contributed by atoms with E-state index in [0.717, 1.165) is 74.7 Å². The van der Waals surface area contributed by atoms with Crippen molar-refractivity contribution in [2.75, 3.05) is 7.11 Å². The van der Waals surface area contributed by atoms with Crippen LogP contribution >= 0.6 is 0 Å². The first-order chi connectivity index (χ1) is 58.7. The summed E-state index contributed by atoms with van der Waals surface area (Å²) in [7, 11) is 1.35. The molecule has 121 heavy (non-hydrogen) atoms. The Balaban J connectivity index is -0.000000681. The van der Waals surface area contributed by atoms with Gasteiger partial charge in [0.15, 0.2) is 0 Å². The van der Waals surface area contributed by atoms with Crippen LogP contribution in [0.4, 0.5) is 0 Å². The molecule has 0 fully saturated rings. The number of para-hydroxylation sites is 4. The maximum Gasteiger partial charge on any atom is 0.302 e. The normalized spacial score (nSPS) is 8.98. The van der Waals surface area contributed by atoms with Gasteiger partial charge in [-0.05, 0) is 126 Å². The van der Waals surface area contributed by atoms with Gasteiger partial charge in [0.2, 0.25) is 0 Å². The minimum Gasteiger partial charge on any atom is -0.488 e. The van der Waals surface area contributed by atoms with E-state index in [4.69, 9.17) is 28.8 Å². The summed E-state index contributed by atoms with van der Waals surface area (Å²) >= 11 is 0. The molecule has 0 bridgehead atoms. The second kappa shape index (κ2) is 71.8. The number of rotatable bonds is 16. The number of hydrogen-bond acceptors (Lipinski definition) is 11. The van der Waals surface area contributed by atoms with Crippen LogP contribution in [0.2, 0.25) is 0 Å². The summed E-state index contributed by atoms with van der Waals surface area (Å²) in [5.74, 6) is 1.49. The number of carbonyl (C=O) groups excluding carboxylic acids is 1. The molecule has 16 heteroatoms. The van der Waals surface area contributed by atoms with Gasteiger partial charge in [-0.1, -0.05) is 333 Å². The zero-order valence-corrected chi connectivity index (χ0v) is 79.0. The van der Waals surface area contributed by atoms with Gasteiger partial charge in [0.25, 0.3) is 28.2 Å². The van der Waals surface area contributed by atoms with Crippen molar-refractivity contribution in [3.05, 3.63) is 376 Å². The van der Waals surface area contributed by atoms with Gasteiger partial charge in [-0.2, -0.15) is 0 Å². The van der Waals surface area contributed by atoms with Crippen LogP contribution in [0.25, 0.3) is 22.7 Å². The van der Waals surface area contributed by atoms with E-state index in [2.05, 4.69) is 4.74 Å². The van der Waals surface area contributed by atoms with E-state index in [0.29, 0.717) is 71.7 Å². The number of hydrogen-bond donors (Lipinski definition) is 1. The Morgan fingerprint density at radius 2 is 0.380 bits per heavy atom. The van der Waals surface area contributed by atoms with E-state index in [1.807, 2.05) is 461 Å². The van der Waals surface area contributed by atoms with Crippen LogP contribution in [0, 0.1) is 55.4 Å². The number of carbonyl (C=O) groups is 2. The van der Waals surface area contributed by atoms with E-state index in [9.17, 15) is 24.0 Å². The molecule has 8 aromatic carbocycles. The third-order valence-electron chi connectivity index (χ3n) is 15.6. The van der Waals surface area contributed by atoms with Crippen molar-refractivity contribution >= 4 is 11.9 Å². The average molecular weight is 1660 g/mol. The smallest absolute Gasteiger partial charge is 0.302 e. The van der Waals surface area contributed by atoms with Gasteiger partial charge in [0.1, 0.15) is 49.4 Å². The minimum absolute atomic E-state index is 0.0424. The van der Waals surface area contributed by atoms with Crippen LogP contribution in [0.3, 0.4) is 0 Å². The monoisotopic (exact) mass is 1660 g/mol. The standard InChI is InChI=1S/4C20H19NO2.C3H6O2.C2H4O2.10C2H6/c4*1-15-13-19(23-14-17-9-5-3-6-10-17)16(2)20(22)21(15)18-11-7-4-8-12-18;1-3(4)5-2;1-2(3)4;10*1-2/h4*3-13H,14H2,1-2H3;1-2H3;1H3,(H,3,4);10*1-2H3. The van der Waals surface area contributed by atoms with E-state index < -0.39 is 5.97 Å². The van der Waals surface area contributed by atoms with E-state index >= 15 is 0 Å². The third kappa shape index (κ3) is 41.8. The molecule has 12 rings (SSSR count). The van der Waals surface area contributed by atoms with Crippen molar-refractivity contribution in [3.8, 4) is 45.7 Å². The van der Waals surface area contributed by atoms with Gasteiger partial charge >= 0.3 is 5.97 Å². The molecule has 0 saturated carbocycles. The highest BCUT2D eigenvalue weighted by Crippen LogP contribution is 2.25. The van der Waals surface area contributed by atoms with Crippen LogP contribution < -0.4 is 41.2 Å². The summed E-state index contributed by atoms with van der Waals surface area (Å²) in [4.78, 5) is 69.4. The number of benzene rings is 8. The van der Waals surface area contributed by atoms with Crippen molar-refractivity contribution in [2.24, 2.45) is 0 Å². The Bertz CT molecular complexity index is 4260. The minimum atomic E-state index is -0.833. The lowest BCUT2D eigenvalue weighted by Gasteiger charge is -2.15. The Labute approximate surface area is 727 Å². The highest BCUT2D eigenvalue weighted by molar-refractivity contribution is 5.65.